The predicted octanol–water partition coefficient (Wildman–Crippen LogP) is 4.05. The number of benzene rings is 2. The average molecular weight is 519 g/mol. The quantitative estimate of drug-likeness (QED) is 0.297. The van der Waals surface area contributed by atoms with Crippen molar-refractivity contribution >= 4 is 40.6 Å². The summed E-state index contributed by atoms with van der Waals surface area (Å²) in [6.07, 6.45) is 19.1. The van der Waals surface area contributed by atoms with Gasteiger partial charge in [0.1, 0.15) is 5.75 Å². The molecule has 7 bridgehead atoms. The second-order valence-corrected chi connectivity index (χ2v) is 10.4. The molecule has 4 heterocycles. The first-order chi connectivity index (χ1) is 19.7. The Balaban J connectivity index is 1.03. The minimum atomic E-state index is 0.155. The zero-order valence-corrected chi connectivity index (χ0v) is 20.8. The number of hydrogen-bond acceptors (Lipinski definition) is 6. The maximum atomic E-state index is 10.3. The largest absolute Gasteiger partial charge is 0.507 e. The summed E-state index contributed by atoms with van der Waals surface area (Å²) in [5.74, 6) is 0.761. The number of phenolic OH excluding ortho intramolecular Hbond substituents is 1. The van der Waals surface area contributed by atoms with Crippen molar-refractivity contribution in [3.63, 3.8) is 0 Å². The molecule has 6 aliphatic rings. The number of aromatic amines is 1. The Morgan fingerprint density at radius 3 is 2.92 bits per heavy atom. The molecule has 5 aromatic rings. The zero-order valence-electron chi connectivity index (χ0n) is 20.8. The number of H-pyrrole nitrogens is 1. The summed E-state index contributed by atoms with van der Waals surface area (Å²) < 4.78 is 4.04. The number of allylic oxidation sites excluding steroid dienone is 2. The zero-order chi connectivity index (χ0) is 26.1. The molecule has 4 aromatic heterocycles. The van der Waals surface area contributed by atoms with Crippen LogP contribution in [0.4, 0.5) is 11.5 Å². The van der Waals surface area contributed by atoms with Crippen molar-refractivity contribution in [3.05, 3.63) is 94.7 Å². The molecule has 0 spiro atoms. The number of imidazole rings is 1. The summed E-state index contributed by atoms with van der Waals surface area (Å²) in [7, 11) is 0. The molecule has 0 radical (unpaired) electrons. The molecule has 188 valence electrons. The van der Waals surface area contributed by atoms with Crippen LogP contribution in [0.25, 0.3) is 62.7 Å². The molecule has 0 atom stereocenters. The first-order valence-electron chi connectivity index (χ1n) is 13.1. The van der Waals surface area contributed by atoms with Crippen molar-refractivity contribution in [3.8, 4) is 39.4 Å². The third kappa shape index (κ3) is 2.34. The number of rotatable bonds is 5. The topological polar surface area (TPSA) is 109 Å². The molecular weight excluding hydrogens is 500 g/mol. The van der Waals surface area contributed by atoms with Crippen LogP contribution in [-0.2, 0) is 0 Å². The predicted molar refractivity (Wildman–Crippen MR) is 152 cm³/mol. The average Bonchev–Trinajstić information content (AvgIpc) is 3.69. The van der Waals surface area contributed by atoms with E-state index >= 15 is 0 Å². The summed E-state index contributed by atoms with van der Waals surface area (Å²) in [5.41, 5.74) is 14.2. The van der Waals surface area contributed by atoms with E-state index in [0.29, 0.717) is 22.7 Å². The van der Waals surface area contributed by atoms with Gasteiger partial charge in [0.25, 0.3) is 0 Å². The maximum Gasteiger partial charge on any atom is 0.180 e. The van der Waals surface area contributed by atoms with Crippen LogP contribution in [0.15, 0.2) is 73.1 Å². The lowest BCUT2D eigenvalue weighted by Crippen LogP contribution is -2.36. The van der Waals surface area contributed by atoms with Gasteiger partial charge in [0.15, 0.2) is 11.5 Å². The standard InChI is InChI=1S/C31H18N8O/c40-24-6-1-16(11-21(24)22-7-8-34-37-22)36-30-31-33-13-23(38(31)10-9-32-30)15-12-35-39(14-15)29-20-5-4-17-18-2-3-19(20)27-25(17)26(18)28(27)29/h1-2,4-14,40H,3H2,(H,32,36)(H,34,37). The fourth-order valence-corrected chi connectivity index (χ4v) is 6.68. The molecule has 0 saturated carbocycles. The normalized spacial score (nSPS) is 14.9. The van der Waals surface area contributed by atoms with Crippen LogP contribution in [-0.4, -0.2) is 39.5 Å². The number of hydrogen-bond donors (Lipinski definition) is 3. The number of fused-ring (bicyclic) bond motifs is 2. The van der Waals surface area contributed by atoms with E-state index in [1.165, 1.54) is 49.5 Å². The highest BCUT2D eigenvalue weighted by Gasteiger charge is 2.41. The van der Waals surface area contributed by atoms with Gasteiger partial charge in [-0.3, -0.25) is 9.50 Å². The molecule has 0 unspecified atom stereocenters. The van der Waals surface area contributed by atoms with Crippen molar-refractivity contribution in [2.24, 2.45) is 0 Å². The van der Waals surface area contributed by atoms with Crippen molar-refractivity contribution in [2.75, 3.05) is 5.32 Å². The Bertz CT molecular complexity index is 2330. The van der Waals surface area contributed by atoms with E-state index in [0.717, 1.165) is 23.4 Å². The second-order valence-electron chi connectivity index (χ2n) is 10.4. The summed E-state index contributed by atoms with van der Waals surface area (Å²) >= 11 is 0. The molecule has 6 aliphatic carbocycles. The molecule has 9 heteroatoms. The first kappa shape index (κ1) is 20.3. The Morgan fingerprint density at radius 2 is 2.00 bits per heavy atom. The van der Waals surface area contributed by atoms with E-state index in [2.05, 4.69) is 44.9 Å². The van der Waals surface area contributed by atoms with Crippen molar-refractivity contribution < 1.29 is 5.11 Å². The van der Waals surface area contributed by atoms with E-state index in [1.54, 1.807) is 24.5 Å². The summed E-state index contributed by atoms with van der Waals surface area (Å²) in [4.78, 5) is 9.26. The Hall–Kier alpha value is -5.70. The second kappa shape index (κ2) is 6.83. The molecule has 0 aliphatic heterocycles. The molecule has 1 aromatic carbocycles. The molecule has 3 N–H and O–H groups in total. The van der Waals surface area contributed by atoms with Gasteiger partial charge in [-0.15, -0.1) is 0 Å². The SMILES string of the molecule is Oc1ccc(Nc2nccn3c(-c4cnn(C5=C6C=Cc7c8c9c5c-8c7=CCC=96)c4)cnc23)cc1-c1cc[nH]n1. The van der Waals surface area contributed by atoms with E-state index in [9.17, 15) is 5.11 Å². The van der Waals surface area contributed by atoms with E-state index in [-0.39, 0.29) is 5.75 Å². The van der Waals surface area contributed by atoms with Gasteiger partial charge in [-0.05, 0) is 57.8 Å². The molecule has 0 amide bonds. The molecule has 0 saturated heterocycles. The molecular formula is C31H18N8O. The highest BCUT2D eigenvalue weighted by molar-refractivity contribution is 6.13. The van der Waals surface area contributed by atoms with Crippen molar-refractivity contribution in [1.82, 2.24) is 34.3 Å². The van der Waals surface area contributed by atoms with Gasteiger partial charge in [-0.2, -0.15) is 10.2 Å². The maximum absolute atomic E-state index is 10.3. The summed E-state index contributed by atoms with van der Waals surface area (Å²) in [5, 5.41) is 28.3. The molecule has 9 nitrogen and oxygen atoms in total. The fraction of sp³-hybridized carbons (Fsp3) is 0.0323. The monoisotopic (exact) mass is 518 g/mol. The van der Waals surface area contributed by atoms with Gasteiger partial charge < -0.3 is 10.4 Å². The highest BCUT2D eigenvalue weighted by atomic mass is 16.3. The van der Waals surface area contributed by atoms with Gasteiger partial charge in [0.05, 0.1) is 29.5 Å². The van der Waals surface area contributed by atoms with E-state index in [4.69, 9.17) is 10.1 Å². The highest BCUT2D eigenvalue weighted by Crippen LogP contribution is 2.49. The lowest BCUT2D eigenvalue weighted by molar-refractivity contribution is 0.477. The lowest BCUT2D eigenvalue weighted by Gasteiger charge is -2.29. The number of aromatic nitrogens is 7. The van der Waals surface area contributed by atoms with Crippen LogP contribution in [0.2, 0.25) is 0 Å². The van der Waals surface area contributed by atoms with Gasteiger partial charge in [0, 0.05) is 58.3 Å². The summed E-state index contributed by atoms with van der Waals surface area (Å²) in [6.45, 7) is 0. The third-order valence-corrected chi connectivity index (χ3v) is 8.45. The van der Waals surface area contributed by atoms with Gasteiger partial charge in [-0.1, -0.05) is 18.2 Å². The number of phenols is 1. The van der Waals surface area contributed by atoms with Crippen LogP contribution in [0.3, 0.4) is 0 Å². The number of nitrogens with one attached hydrogen (secondary N) is 2. The minimum Gasteiger partial charge on any atom is -0.507 e. The van der Waals surface area contributed by atoms with Crippen molar-refractivity contribution in [1.29, 1.82) is 0 Å². The Labute approximate surface area is 225 Å². The van der Waals surface area contributed by atoms with Gasteiger partial charge >= 0.3 is 0 Å². The minimum absolute atomic E-state index is 0.155. The first-order valence-corrected chi connectivity index (χ1v) is 13.1. The van der Waals surface area contributed by atoms with Crippen LogP contribution in [0, 0.1) is 0 Å². The third-order valence-electron chi connectivity index (χ3n) is 8.45. The summed E-state index contributed by atoms with van der Waals surface area (Å²) in [6, 6.07) is 7.10. The van der Waals surface area contributed by atoms with Crippen LogP contribution in [0.5, 0.6) is 5.75 Å². The van der Waals surface area contributed by atoms with Crippen LogP contribution in [0.1, 0.15) is 17.5 Å². The van der Waals surface area contributed by atoms with E-state index in [1.807, 2.05) is 39.8 Å². The van der Waals surface area contributed by atoms with Crippen LogP contribution >= 0.6 is 0 Å². The Morgan fingerprint density at radius 1 is 1.02 bits per heavy atom. The molecule has 0 fully saturated rings. The number of anilines is 2. The van der Waals surface area contributed by atoms with E-state index < -0.39 is 0 Å². The smallest absolute Gasteiger partial charge is 0.180 e. The molecule has 40 heavy (non-hydrogen) atoms. The van der Waals surface area contributed by atoms with Gasteiger partial charge in [-0.25, -0.2) is 14.6 Å². The Kier molecular flexibility index (Phi) is 3.47. The molecule has 11 rings (SSSR count). The lowest BCUT2D eigenvalue weighted by atomic mass is 9.75. The fourth-order valence-electron chi connectivity index (χ4n) is 6.68. The number of aromatic hydroxyl groups is 1. The van der Waals surface area contributed by atoms with Crippen molar-refractivity contribution in [2.45, 2.75) is 6.42 Å². The number of nitrogens with zero attached hydrogens (tertiary/aromatic N) is 6. The van der Waals surface area contributed by atoms with Crippen LogP contribution < -0.4 is 15.8 Å². The van der Waals surface area contributed by atoms with Gasteiger partial charge in [0.2, 0.25) is 0 Å².